The van der Waals surface area contributed by atoms with Gasteiger partial charge < -0.3 is 14.7 Å². The van der Waals surface area contributed by atoms with E-state index in [-0.39, 0.29) is 11.8 Å². The maximum Gasteiger partial charge on any atom is 0.276 e. The predicted molar refractivity (Wildman–Crippen MR) is 143 cm³/mol. The van der Waals surface area contributed by atoms with Crippen LogP contribution < -0.4 is 5.32 Å². The molecule has 4 heterocycles. The molecule has 8 nitrogen and oxygen atoms in total. The van der Waals surface area contributed by atoms with Crippen LogP contribution in [0.5, 0.6) is 0 Å². The van der Waals surface area contributed by atoms with Crippen molar-refractivity contribution in [3.05, 3.63) is 88.0 Å². The number of nitrogens with one attached hydrogen (secondary N) is 1. The maximum atomic E-state index is 13.2. The molecule has 3 aromatic heterocycles. The summed E-state index contributed by atoms with van der Waals surface area (Å²) in [5.74, 6) is 0.328. The molecule has 0 atom stereocenters. The minimum Gasteiger partial charge on any atom is -0.355 e. The highest BCUT2D eigenvalue weighted by Gasteiger charge is 2.21. The SMILES string of the molecule is O=C(Nc1ccc(C(=O)N2CCCC2)cc1)c1nn(Cc2cc(-c3ccc(Cl)s3)on2)c2ccccc12. The number of rotatable bonds is 6. The van der Waals surface area contributed by atoms with E-state index >= 15 is 0 Å². The van der Waals surface area contributed by atoms with Crippen LogP contribution in [0.3, 0.4) is 0 Å². The van der Waals surface area contributed by atoms with Gasteiger partial charge in [-0.3, -0.25) is 14.3 Å². The van der Waals surface area contributed by atoms with Crippen LogP contribution >= 0.6 is 22.9 Å². The molecular formula is C27H22ClN5O3S. The normalized spacial score (nSPS) is 13.4. The summed E-state index contributed by atoms with van der Waals surface area (Å²) in [7, 11) is 0. The third kappa shape index (κ3) is 4.75. The first-order valence-electron chi connectivity index (χ1n) is 11.9. The van der Waals surface area contributed by atoms with Crippen molar-refractivity contribution >= 4 is 51.3 Å². The Kier molecular flexibility index (Phi) is 6.23. The molecule has 0 bridgehead atoms. The Bertz CT molecular complexity index is 1600. The summed E-state index contributed by atoms with van der Waals surface area (Å²) in [6.45, 7) is 1.93. The summed E-state index contributed by atoms with van der Waals surface area (Å²) in [5.41, 5.74) is 3.01. The third-order valence-corrected chi connectivity index (χ3v) is 7.59. The average Bonchev–Trinajstić information content (AvgIpc) is 3.72. The summed E-state index contributed by atoms with van der Waals surface area (Å²) in [4.78, 5) is 28.6. The van der Waals surface area contributed by atoms with E-state index in [2.05, 4.69) is 15.6 Å². The van der Waals surface area contributed by atoms with E-state index in [1.807, 2.05) is 47.4 Å². The number of hydrogen-bond donors (Lipinski definition) is 1. The zero-order valence-electron chi connectivity index (χ0n) is 19.7. The Labute approximate surface area is 221 Å². The van der Waals surface area contributed by atoms with Crippen LogP contribution in [0.25, 0.3) is 21.5 Å². The number of para-hydroxylation sites is 1. The molecule has 0 saturated carbocycles. The zero-order valence-corrected chi connectivity index (χ0v) is 21.3. The lowest BCUT2D eigenvalue weighted by Crippen LogP contribution is -2.27. The number of aromatic nitrogens is 3. The predicted octanol–water partition coefficient (Wildman–Crippen LogP) is 5.94. The first-order chi connectivity index (χ1) is 18.0. The van der Waals surface area contributed by atoms with E-state index in [9.17, 15) is 9.59 Å². The van der Waals surface area contributed by atoms with Crippen LogP contribution in [-0.4, -0.2) is 44.7 Å². The molecule has 1 saturated heterocycles. The van der Waals surface area contributed by atoms with Crippen molar-refractivity contribution in [2.75, 3.05) is 18.4 Å². The molecule has 0 radical (unpaired) electrons. The molecule has 2 aromatic carbocycles. The molecule has 0 aliphatic carbocycles. The largest absolute Gasteiger partial charge is 0.355 e. The molecule has 0 unspecified atom stereocenters. The summed E-state index contributed by atoms with van der Waals surface area (Å²) < 4.78 is 7.91. The Balaban J connectivity index is 1.21. The highest BCUT2D eigenvalue weighted by molar-refractivity contribution is 7.19. The molecule has 10 heteroatoms. The molecule has 1 fully saturated rings. The van der Waals surface area contributed by atoms with Crippen LogP contribution in [0.4, 0.5) is 5.69 Å². The maximum absolute atomic E-state index is 13.2. The van der Waals surface area contributed by atoms with E-state index in [1.54, 1.807) is 28.9 Å². The van der Waals surface area contributed by atoms with Gasteiger partial charge in [0.25, 0.3) is 11.8 Å². The second-order valence-electron chi connectivity index (χ2n) is 8.84. The molecule has 1 aliphatic heterocycles. The van der Waals surface area contributed by atoms with E-state index < -0.39 is 0 Å². The molecule has 1 N–H and O–H groups in total. The van der Waals surface area contributed by atoms with Gasteiger partial charge in [-0.2, -0.15) is 5.10 Å². The van der Waals surface area contributed by atoms with Crippen molar-refractivity contribution in [3.8, 4) is 10.6 Å². The number of fused-ring (bicyclic) bond motifs is 1. The molecule has 0 spiro atoms. The molecule has 6 rings (SSSR count). The first-order valence-corrected chi connectivity index (χ1v) is 13.1. The number of halogens is 1. The lowest BCUT2D eigenvalue weighted by molar-refractivity contribution is 0.0792. The molecule has 186 valence electrons. The Morgan fingerprint density at radius 2 is 1.81 bits per heavy atom. The van der Waals surface area contributed by atoms with E-state index in [0.717, 1.165) is 41.7 Å². The lowest BCUT2D eigenvalue weighted by atomic mass is 10.1. The number of hydrogen-bond acceptors (Lipinski definition) is 6. The standard InChI is InChI=1S/C27H22ClN5O3S/c28-24-12-11-23(37-24)22-15-19(31-36-22)16-33-21-6-2-1-5-20(21)25(30-33)26(34)29-18-9-7-17(8-10-18)27(35)32-13-3-4-14-32/h1-2,5-12,15H,3-4,13-14,16H2,(H,29,34). The highest BCUT2D eigenvalue weighted by atomic mass is 35.5. The summed E-state index contributed by atoms with van der Waals surface area (Å²) >= 11 is 7.45. The smallest absolute Gasteiger partial charge is 0.276 e. The Morgan fingerprint density at radius 3 is 2.57 bits per heavy atom. The fraction of sp³-hybridized carbons (Fsp3) is 0.185. The van der Waals surface area contributed by atoms with Crippen molar-refractivity contribution in [1.82, 2.24) is 19.8 Å². The number of amides is 2. The van der Waals surface area contributed by atoms with Gasteiger partial charge in [-0.05, 0) is 55.3 Å². The summed E-state index contributed by atoms with van der Waals surface area (Å²) in [6.07, 6.45) is 2.09. The van der Waals surface area contributed by atoms with Gasteiger partial charge in [0.15, 0.2) is 11.5 Å². The van der Waals surface area contributed by atoms with E-state index in [0.29, 0.717) is 39.3 Å². The van der Waals surface area contributed by atoms with Crippen LogP contribution in [0.15, 0.2) is 71.3 Å². The van der Waals surface area contributed by atoms with Crippen LogP contribution in [0.2, 0.25) is 4.34 Å². The van der Waals surface area contributed by atoms with Gasteiger partial charge in [0.2, 0.25) is 0 Å². The number of carbonyl (C=O) groups excluding carboxylic acids is 2. The lowest BCUT2D eigenvalue weighted by Gasteiger charge is -2.15. The quantitative estimate of drug-likeness (QED) is 0.292. The Hall–Kier alpha value is -3.95. The van der Waals surface area contributed by atoms with Gasteiger partial charge in [-0.25, -0.2) is 0 Å². The van der Waals surface area contributed by atoms with Gasteiger partial charge >= 0.3 is 0 Å². The van der Waals surface area contributed by atoms with Gasteiger partial charge in [-0.15, -0.1) is 11.3 Å². The van der Waals surface area contributed by atoms with E-state index in [4.69, 9.17) is 16.1 Å². The second-order valence-corrected chi connectivity index (χ2v) is 10.6. The van der Waals surface area contributed by atoms with Crippen molar-refractivity contribution in [2.45, 2.75) is 19.4 Å². The first kappa shape index (κ1) is 23.4. The number of likely N-dealkylation sites (tertiary alicyclic amines) is 1. The highest BCUT2D eigenvalue weighted by Crippen LogP contribution is 2.31. The van der Waals surface area contributed by atoms with Crippen molar-refractivity contribution in [3.63, 3.8) is 0 Å². The van der Waals surface area contributed by atoms with Gasteiger partial charge in [0.05, 0.1) is 21.3 Å². The van der Waals surface area contributed by atoms with Crippen molar-refractivity contribution in [2.24, 2.45) is 0 Å². The van der Waals surface area contributed by atoms with Gasteiger partial charge in [0.1, 0.15) is 5.69 Å². The fourth-order valence-corrected chi connectivity index (χ4v) is 5.50. The monoisotopic (exact) mass is 531 g/mol. The number of nitrogens with zero attached hydrogens (tertiary/aromatic N) is 4. The van der Waals surface area contributed by atoms with Crippen LogP contribution in [-0.2, 0) is 6.54 Å². The molecule has 37 heavy (non-hydrogen) atoms. The summed E-state index contributed by atoms with van der Waals surface area (Å²) in [5, 5.41) is 12.4. The van der Waals surface area contributed by atoms with Crippen molar-refractivity contribution in [1.29, 1.82) is 0 Å². The number of carbonyl (C=O) groups is 2. The Morgan fingerprint density at radius 1 is 1.03 bits per heavy atom. The molecule has 2 amide bonds. The molecular weight excluding hydrogens is 510 g/mol. The van der Waals surface area contributed by atoms with Gasteiger partial charge in [0, 0.05) is 35.8 Å². The topological polar surface area (TPSA) is 93.3 Å². The minimum absolute atomic E-state index is 0.0262. The van der Waals surface area contributed by atoms with Crippen LogP contribution in [0, 0.1) is 0 Å². The fourth-order valence-electron chi connectivity index (χ4n) is 4.51. The van der Waals surface area contributed by atoms with Crippen LogP contribution in [0.1, 0.15) is 39.4 Å². The number of anilines is 1. The second kappa shape index (κ2) is 9.84. The van der Waals surface area contributed by atoms with Gasteiger partial charge in [-0.1, -0.05) is 35.0 Å². The average molecular weight is 532 g/mol. The zero-order chi connectivity index (χ0) is 25.4. The molecule has 5 aromatic rings. The van der Waals surface area contributed by atoms with Crippen molar-refractivity contribution < 1.29 is 14.1 Å². The summed E-state index contributed by atoms with van der Waals surface area (Å²) in [6, 6.07) is 20.1. The third-order valence-electron chi connectivity index (χ3n) is 6.34. The number of benzene rings is 2. The van der Waals surface area contributed by atoms with E-state index in [1.165, 1.54) is 11.3 Å². The molecule has 1 aliphatic rings. The number of thiophene rings is 1. The minimum atomic E-state index is -0.331.